The molecule has 2 fully saturated rings. The van der Waals surface area contributed by atoms with Gasteiger partial charge in [-0.1, -0.05) is 19.8 Å². The van der Waals surface area contributed by atoms with Crippen molar-refractivity contribution >= 4 is 6.09 Å². The Morgan fingerprint density at radius 3 is 2.09 bits per heavy atom. The van der Waals surface area contributed by atoms with Crippen LogP contribution in [0.1, 0.15) is 60.3 Å². The Bertz CT molecular complexity index is 339. The van der Waals surface area contributed by atoms with E-state index in [4.69, 9.17) is 0 Å². The summed E-state index contributed by atoms with van der Waals surface area (Å²) >= 11 is 0. The van der Waals surface area contributed by atoms with Crippen LogP contribution >= 0.6 is 0 Å². The quantitative estimate of drug-likeness (QED) is 0.865. The van der Waals surface area contributed by atoms with Crippen molar-refractivity contribution in [3.05, 3.63) is 0 Å². The molecule has 0 aromatic carbocycles. The molecule has 0 spiro atoms. The molecule has 2 atom stereocenters. The number of carbonyl (C=O) groups is 1. The van der Waals surface area contributed by atoms with Gasteiger partial charge in [-0.3, -0.25) is 9.80 Å². The summed E-state index contributed by atoms with van der Waals surface area (Å²) in [6.07, 6.45) is 5.00. The number of carbonyl (C=O) groups excluding carboxylic acids is 1. The van der Waals surface area contributed by atoms with Gasteiger partial charge in [-0.05, 0) is 46.5 Å². The van der Waals surface area contributed by atoms with Crippen LogP contribution in [0.3, 0.4) is 0 Å². The zero-order valence-corrected chi connectivity index (χ0v) is 15.8. The average molecular weight is 328 g/mol. The number of hydrogen-bond donors (Lipinski definition) is 1. The zero-order chi connectivity index (χ0) is 17.4. The highest BCUT2D eigenvalue weighted by Crippen LogP contribution is 2.28. The van der Waals surface area contributed by atoms with Gasteiger partial charge in [0.1, 0.15) is 0 Å². The van der Waals surface area contributed by atoms with Crippen LogP contribution < -0.4 is 5.73 Å². The van der Waals surface area contributed by atoms with Gasteiger partial charge in [-0.2, -0.15) is 0 Å². The first-order valence-corrected chi connectivity index (χ1v) is 9.23. The molecule has 0 aromatic rings. The molecule has 2 unspecified atom stereocenters. The van der Waals surface area contributed by atoms with Crippen molar-refractivity contribution in [3.63, 3.8) is 0 Å². The maximum atomic E-state index is 9.81. The summed E-state index contributed by atoms with van der Waals surface area (Å²) in [5.74, 6) is 0.960. The van der Waals surface area contributed by atoms with E-state index < -0.39 is 6.09 Å². The van der Waals surface area contributed by atoms with E-state index in [1.165, 1.54) is 51.9 Å². The van der Waals surface area contributed by atoms with Crippen LogP contribution in [0, 0.1) is 5.92 Å². The van der Waals surface area contributed by atoms with Gasteiger partial charge in [0, 0.05) is 38.3 Å². The molecule has 0 radical (unpaired) electrons. The lowest BCUT2D eigenvalue weighted by atomic mass is 9.86. The van der Waals surface area contributed by atoms with Crippen LogP contribution in [0.25, 0.3) is 0 Å². The molecular formula is C18H37N3O2. The molecule has 136 valence electrons. The number of piperazine rings is 1. The Morgan fingerprint density at radius 2 is 1.70 bits per heavy atom. The van der Waals surface area contributed by atoms with Crippen molar-refractivity contribution in [2.24, 2.45) is 11.7 Å². The summed E-state index contributed by atoms with van der Waals surface area (Å²) < 4.78 is 4.39. The van der Waals surface area contributed by atoms with E-state index >= 15 is 0 Å². The fourth-order valence-corrected chi connectivity index (χ4v) is 3.58. The molecule has 1 saturated carbocycles. The van der Waals surface area contributed by atoms with Crippen LogP contribution in [0.4, 0.5) is 4.79 Å². The number of nitrogens with two attached hydrogens (primary N) is 1. The Labute approximate surface area is 142 Å². The third-order valence-electron chi connectivity index (χ3n) is 4.86. The van der Waals surface area contributed by atoms with Crippen molar-refractivity contribution in [1.82, 2.24) is 9.80 Å². The van der Waals surface area contributed by atoms with Gasteiger partial charge in [-0.15, -0.1) is 0 Å². The lowest BCUT2D eigenvalue weighted by Crippen LogP contribution is -2.52. The molecule has 1 heterocycles. The minimum Gasteiger partial charge on any atom is -0.447 e. The van der Waals surface area contributed by atoms with Gasteiger partial charge in [0.2, 0.25) is 0 Å². The van der Waals surface area contributed by atoms with E-state index in [0.29, 0.717) is 0 Å². The second-order valence-corrected chi connectivity index (χ2v) is 7.58. The van der Waals surface area contributed by atoms with Crippen molar-refractivity contribution in [2.75, 3.05) is 26.2 Å². The van der Waals surface area contributed by atoms with Gasteiger partial charge in [-0.25, -0.2) is 4.79 Å². The number of ether oxygens (including phenoxy) is 1. The summed E-state index contributed by atoms with van der Waals surface area (Å²) in [5, 5.41) is 0. The van der Waals surface area contributed by atoms with Gasteiger partial charge in [0.25, 0.3) is 0 Å². The molecule has 0 bridgehead atoms. The monoisotopic (exact) mass is 327 g/mol. The molecule has 1 saturated heterocycles. The molecule has 1 aliphatic heterocycles. The number of primary amides is 1. The van der Waals surface area contributed by atoms with E-state index in [9.17, 15) is 4.79 Å². The lowest BCUT2D eigenvalue weighted by molar-refractivity contribution is 0.0561. The molecule has 2 rings (SSSR count). The topological polar surface area (TPSA) is 58.8 Å². The second-order valence-electron chi connectivity index (χ2n) is 7.58. The normalized spacial score (nSPS) is 26.7. The molecule has 2 aliphatic rings. The largest absolute Gasteiger partial charge is 0.447 e. The van der Waals surface area contributed by atoms with E-state index in [2.05, 4.69) is 41.0 Å². The minimum atomic E-state index is -0.713. The number of nitrogens with zero attached hydrogens (tertiary/aromatic N) is 2. The summed E-state index contributed by atoms with van der Waals surface area (Å²) in [6, 6.07) is 1.63. The number of amides is 1. The van der Waals surface area contributed by atoms with E-state index in [0.717, 1.165) is 18.0 Å². The van der Waals surface area contributed by atoms with E-state index in [1.807, 2.05) is 0 Å². The highest BCUT2D eigenvalue weighted by Gasteiger charge is 2.27. The maximum Gasteiger partial charge on any atom is 0.404 e. The van der Waals surface area contributed by atoms with Crippen molar-refractivity contribution < 1.29 is 9.53 Å². The SMILES string of the molecule is CC(C)OC(N)=O.CC1CCCC(N2CCN(C(C)C)CC2)C1. The zero-order valence-electron chi connectivity index (χ0n) is 15.8. The van der Waals surface area contributed by atoms with Crippen LogP contribution in [-0.2, 0) is 4.74 Å². The van der Waals surface area contributed by atoms with Crippen LogP contribution in [0.5, 0.6) is 0 Å². The lowest BCUT2D eigenvalue weighted by Gasteiger charge is -2.43. The highest BCUT2D eigenvalue weighted by molar-refractivity contribution is 5.64. The maximum absolute atomic E-state index is 9.81. The molecule has 0 aromatic heterocycles. The first kappa shape index (κ1) is 20.2. The molecule has 23 heavy (non-hydrogen) atoms. The Balaban J connectivity index is 0.000000322. The van der Waals surface area contributed by atoms with Gasteiger partial charge >= 0.3 is 6.09 Å². The minimum absolute atomic E-state index is 0.0995. The smallest absolute Gasteiger partial charge is 0.404 e. The summed E-state index contributed by atoms with van der Waals surface area (Å²) in [4.78, 5) is 15.2. The second kappa shape index (κ2) is 10.1. The fourth-order valence-electron chi connectivity index (χ4n) is 3.58. The third-order valence-corrected chi connectivity index (χ3v) is 4.86. The van der Waals surface area contributed by atoms with Crippen molar-refractivity contribution in [3.8, 4) is 0 Å². The van der Waals surface area contributed by atoms with Crippen LogP contribution in [0.15, 0.2) is 0 Å². The van der Waals surface area contributed by atoms with E-state index in [-0.39, 0.29) is 6.10 Å². The van der Waals surface area contributed by atoms with Gasteiger partial charge < -0.3 is 10.5 Å². The van der Waals surface area contributed by atoms with Crippen molar-refractivity contribution in [2.45, 2.75) is 78.5 Å². The van der Waals surface area contributed by atoms with Gasteiger partial charge in [0.05, 0.1) is 6.10 Å². The van der Waals surface area contributed by atoms with Gasteiger partial charge in [0.15, 0.2) is 0 Å². The first-order valence-electron chi connectivity index (χ1n) is 9.23. The average Bonchev–Trinajstić information content (AvgIpc) is 2.46. The predicted molar refractivity (Wildman–Crippen MR) is 95.5 cm³/mol. The first-order chi connectivity index (χ1) is 10.8. The number of rotatable bonds is 3. The third kappa shape index (κ3) is 8.02. The molecular weight excluding hydrogens is 290 g/mol. The van der Waals surface area contributed by atoms with Crippen LogP contribution in [0.2, 0.25) is 0 Å². The molecule has 5 nitrogen and oxygen atoms in total. The molecule has 2 N–H and O–H groups in total. The highest BCUT2D eigenvalue weighted by atomic mass is 16.6. The fraction of sp³-hybridized carbons (Fsp3) is 0.944. The molecule has 5 heteroatoms. The summed E-state index contributed by atoms with van der Waals surface area (Å²) in [6.45, 7) is 15.7. The number of hydrogen-bond acceptors (Lipinski definition) is 4. The standard InChI is InChI=1S/C14H28N2.C4H9NO2/c1-12(2)15-7-9-16(10-8-15)14-6-4-5-13(3)11-14;1-3(2)7-4(5)6/h12-14H,4-11H2,1-3H3;3H,1-2H3,(H2,5,6). The summed E-state index contributed by atoms with van der Waals surface area (Å²) in [7, 11) is 0. The molecule has 1 aliphatic carbocycles. The Kier molecular flexibility index (Phi) is 8.92. The Morgan fingerprint density at radius 1 is 1.09 bits per heavy atom. The van der Waals surface area contributed by atoms with Crippen LogP contribution in [-0.4, -0.2) is 60.3 Å². The van der Waals surface area contributed by atoms with E-state index in [1.54, 1.807) is 13.8 Å². The molecule has 1 amide bonds. The predicted octanol–water partition coefficient (Wildman–Crippen LogP) is 3.08. The van der Waals surface area contributed by atoms with Crippen molar-refractivity contribution in [1.29, 1.82) is 0 Å². The Hall–Kier alpha value is -0.810. The summed E-state index contributed by atoms with van der Waals surface area (Å²) in [5.41, 5.74) is 4.63.